The van der Waals surface area contributed by atoms with Gasteiger partial charge in [0.1, 0.15) is 0 Å². The van der Waals surface area contributed by atoms with Gasteiger partial charge in [-0.3, -0.25) is 19.3 Å². The Bertz CT molecular complexity index is 507. The summed E-state index contributed by atoms with van der Waals surface area (Å²) < 4.78 is 0. The Hall–Kier alpha value is -2.21. The van der Waals surface area contributed by atoms with Crippen LogP contribution in [0.1, 0.15) is 33.6 Å². The van der Waals surface area contributed by atoms with E-state index in [1.165, 1.54) is 4.90 Å². The standard InChI is InChI=1S/C14H17N3O3/c15-9-12(18)16-7-3-4-8-17-13(19)10-5-1-2-6-11(10)14(17)20/h1-2,5-6H,3-4,7-9,15H2,(H,16,18). The van der Waals surface area contributed by atoms with E-state index in [0.29, 0.717) is 37.1 Å². The maximum Gasteiger partial charge on any atom is 0.261 e. The van der Waals surface area contributed by atoms with E-state index in [0.717, 1.165) is 0 Å². The molecule has 1 aromatic rings. The molecule has 0 radical (unpaired) electrons. The average molecular weight is 275 g/mol. The lowest BCUT2D eigenvalue weighted by Gasteiger charge is -2.13. The molecule has 6 nitrogen and oxygen atoms in total. The number of hydrogen-bond acceptors (Lipinski definition) is 4. The molecule has 3 N–H and O–H groups in total. The highest BCUT2D eigenvalue weighted by Gasteiger charge is 2.34. The van der Waals surface area contributed by atoms with Gasteiger partial charge >= 0.3 is 0 Å². The highest BCUT2D eigenvalue weighted by Crippen LogP contribution is 2.22. The van der Waals surface area contributed by atoms with Gasteiger partial charge in [-0.05, 0) is 25.0 Å². The lowest BCUT2D eigenvalue weighted by atomic mass is 10.1. The maximum atomic E-state index is 12.0. The van der Waals surface area contributed by atoms with Gasteiger partial charge in [0.05, 0.1) is 17.7 Å². The van der Waals surface area contributed by atoms with Gasteiger partial charge in [0, 0.05) is 13.1 Å². The minimum atomic E-state index is -0.239. The molecule has 1 aromatic carbocycles. The second-order valence-corrected chi connectivity index (χ2v) is 4.57. The Kier molecular flexibility index (Phi) is 4.47. The van der Waals surface area contributed by atoms with E-state index in [9.17, 15) is 14.4 Å². The molecule has 0 bridgehead atoms. The van der Waals surface area contributed by atoms with Crippen LogP contribution in [0.2, 0.25) is 0 Å². The number of fused-ring (bicyclic) bond motifs is 1. The van der Waals surface area contributed by atoms with Gasteiger partial charge in [0.15, 0.2) is 0 Å². The van der Waals surface area contributed by atoms with Crippen LogP contribution in [0.3, 0.4) is 0 Å². The zero-order valence-electron chi connectivity index (χ0n) is 11.1. The fraction of sp³-hybridized carbons (Fsp3) is 0.357. The monoisotopic (exact) mass is 275 g/mol. The van der Waals surface area contributed by atoms with Crippen molar-refractivity contribution >= 4 is 17.7 Å². The van der Waals surface area contributed by atoms with Crippen LogP contribution < -0.4 is 11.1 Å². The Balaban J connectivity index is 1.82. The molecular formula is C14H17N3O3. The number of amides is 3. The number of nitrogens with two attached hydrogens (primary N) is 1. The molecule has 0 saturated carbocycles. The van der Waals surface area contributed by atoms with Crippen molar-refractivity contribution < 1.29 is 14.4 Å². The Labute approximate surface area is 116 Å². The molecule has 106 valence electrons. The third-order valence-corrected chi connectivity index (χ3v) is 3.19. The average Bonchev–Trinajstić information content (AvgIpc) is 2.71. The van der Waals surface area contributed by atoms with Crippen LogP contribution in [-0.2, 0) is 4.79 Å². The molecule has 0 saturated heterocycles. The van der Waals surface area contributed by atoms with Gasteiger partial charge < -0.3 is 11.1 Å². The van der Waals surface area contributed by atoms with Crippen LogP contribution in [0.5, 0.6) is 0 Å². The van der Waals surface area contributed by atoms with Crippen LogP contribution >= 0.6 is 0 Å². The largest absolute Gasteiger partial charge is 0.355 e. The maximum absolute atomic E-state index is 12.0. The molecule has 6 heteroatoms. The van der Waals surface area contributed by atoms with Crippen molar-refractivity contribution in [1.82, 2.24) is 10.2 Å². The van der Waals surface area contributed by atoms with E-state index in [-0.39, 0.29) is 24.3 Å². The first kappa shape index (κ1) is 14.2. The number of imide groups is 1. The summed E-state index contributed by atoms with van der Waals surface area (Å²) in [5.74, 6) is -0.682. The van der Waals surface area contributed by atoms with Crippen LogP contribution in [0.15, 0.2) is 24.3 Å². The molecule has 1 aliphatic heterocycles. The van der Waals surface area contributed by atoms with Crippen molar-refractivity contribution in [3.8, 4) is 0 Å². The molecule has 0 atom stereocenters. The Morgan fingerprint density at radius 1 is 1.10 bits per heavy atom. The van der Waals surface area contributed by atoms with Crippen molar-refractivity contribution in [1.29, 1.82) is 0 Å². The van der Waals surface area contributed by atoms with Crippen molar-refractivity contribution in [2.75, 3.05) is 19.6 Å². The second kappa shape index (κ2) is 6.29. The molecule has 0 aliphatic carbocycles. The van der Waals surface area contributed by atoms with E-state index in [2.05, 4.69) is 5.32 Å². The van der Waals surface area contributed by atoms with E-state index in [4.69, 9.17) is 5.73 Å². The SMILES string of the molecule is NCC(=O)NCCCCN1C(=O)c2ccccc2C1=O. The van der Waals surface area contributed by atoms with Gasteiger partial charge in [-0.1, -0.05) is 12.1 Å². The number of unbranched alkanes of at least 4 members (excludes halogenated alkanes) is 1. The number of hydrogen-bond donors (Lipinski definition) is 2. The summed E-state index contributed by atoms with van der Waals surface area (Å²) in [7, 11) is 0. The fourth-order valence-electron chi connectivity index (χ4n) is 2.14. The smallest absolute Gasteiger partial charge is 0.261 e. The molecule has 20 heavy (non-hydrogen) atoms. The highest BCUT2D eigenvalue weighted by molar-refractivity contribution is 6.21. The van der Waals surface area contributed by atoms with E-state index >= 15 is 0 Å². The molecule has 1 heterocycles. The van der Waals surface area contributed by atoms with Crippen molar-refractivity contribution in [2.45, 2.75) is 12.8 Å². The number of carbonyl (C=O) groups excluding carboxylic acids is 3. The van der Waals surface area contributed by atoms with E-state index in [1.807, 2.05) is 0 Å². The first-order valence-corrected chi connectivity index (χ1v) is 6.57. The quantitative estimate of drug-likeness (QED) is 0.570. The third kappa shape index (κ3) is 2.85. The predicted octanol–water partition coefficient (Wildman–Crippen LogP) is 0.138. The van der Waals surface area contributed by atoms with Crippen molar-refractivity contribution in [2.24, 2.45) is 5.73 Å². The number of carbonyl (C=O) groups is 3. The van der Waals surface area contributed by atoms with E-state index in [1.54, 1.807) is 24.3 Å². The summed E-state index contributed by atoms with van der Waals surface area (Å²) in [5, 5.41) is 2.64. The van der Waals surface area contributed by atoms with Gasteiger partial charge in [-0.2, -0.15) is 0 Å². The number of nitrogens with zero attached hydrogens (tertiary/aromatic N) is 1. The van der Waals surface area contributed by atoms with Gasteiger partial charge in [-0.15, -0.1) is 0 Å². The van der Waals surface area contributed by atoms with Gasteiger partial charge in [0.2, 0.25) is 5.91 Å². The van der Waals surface area contributed by atoms with Crippen molar-refractivity contribution in [3.63, 3.8) is 0 Å². The summed E-state index contributed by atoms with van der Waals surface area (Å²) in [4.78, 5) is 36.3. The fourth-order valence-corrected chi connectivity index (χ4v) is 2.14. The number of rotatable bonds is 6. The van der Waals surface area contributed by atoms with Crippen molar-refractivity contribution in [3.05, 3.63) is 35.4 Å². The lowest BCUT2D eigenvalue weighted by Crippen LogP contribution is -2.33. The van der Waals surface area contributed by atoms with Crippen LogP contribution in [-0.4, -0.2) is 42.3 Å². The minimum Gasteiger partial charge on any atom is -0.355 e. The number of nitrogens with one attached hydrogen (secondary N) is 1. The number of benzene rings is 1. The second-order valence-electron chi connectivity index (χ2n) is 4.57. The first-order valence-electron chi connectivity index (χ1n) is 6.57. The molecule has 2 rings (SSSR count). The predicted molar refractivity (Wildman–Crippen MR) is 73.1 cm³/mol. The normalized spacial score (nSPS) is 13.6. The molecule has 0 aromatic heterocycles. The molecule has 0 unspecified atom stereocenters. The van der Waals surface area contributed by atoms with Crippen LogP contribution in [0, 0.1) is 0 Å². The van der Waals surface area contributed by atoms with Crippen LogP contribution in [0.25, 0.3) is 0 Å². The minimum absolute atomic E-state index is 0.0294. The van der Waals surface area contributed by atoms with Gasteiger partial charge in [0.25, 0.3) is 11.8 Å². The zero-order chi connectivity index (χ0) is 14.5. The van der Waals surface area contributed by atoms with E-state index < -0.39 is 0 Å². The van der Waals surface area contributed by atoms with Crippen LogP contribution in [0.4, 0.5) is 0 Å². The zero-order valence-corrected chi connectivity index (χ0v) is 11.1. The lowest BCUT2D eigenvalue weighted by molar-refractivity contribution is -0.119. The molecule has 3 amide bonds. The summed E-state index contributed by atoms with van der Waals surface area (Å²) >= 11 is 0. The highest BCUT2D eigenvalue weighted by atomic mass is 16.2. The molecule has 0 fully saturated rings. The summed E-state index contributed by atoms with van der Waals surface area (Å²) in [6.45, 7) is 0.836. The molecular weight excluding hydrogens is 258 g/mol. The summed E-state index contributed by atoms with van der Waals surface area (Å²) in [6, 6.07) is 6.82. The topological polar surface area (TPSA) is 92.5 Å². The third-order valence-electron chi connectivity index (χ3n) is 3.19. The summed E-state index contributed by atoms with van der Waals surface area (Å²) in [6.07, 6.45) is 1.34. The molecule has 1 aliphatic rings. The molecule has 0 spiro atoms. The Morgan fingerprint density at radius 2 is 1.70 bits per heavy atom. The Morgan fingerprint density at radius 3 is 2.25 bits per heavy atom. The van der Waals surface area contributed by atoms with Gasteiger partial charge in [-0.25, -0.2) is 0 Å². The first-order chi connectivity index (χ1) is 9.65. The summed E-state index contributed by atoms with van der Waals surface area (Å²) in [5.41, 5.74) is 6.10.